The number of thiazole rings is 1. The average molecular weight is 307 g/mol. The summed E-state index contributed by atoms with van der Waals surface area (Å²) in [6, 6.07) is 8.20. The molecule has 0 aliphatic heterocycles. The van der Waals surface area contributed by atoms with E-state index in [1.54, 1.807) is 11.8 Å². The van der Waals surface area contributed by atoms with Crippen molar-refractivity contribution in [1.29, 1.82) is 0 Å². The van der Waals surface area contributed by atoms with E-state index in [4.69, 9.17) is 0 Å². The van der Waals surface area contributed by atoms with Crippen molar-refractivity contribution in [3.8, 4) is 0 Å². The Balaban J connectivity index is 2.12. The predicted octanol–water partition coefficient (Wildman–Crippen LogP) is 4.39. The summed E-state index contributed by atoms with van der Waals surface area (Å²) in [6.07, 6.45) is 1.64. The van der Waals surface area contributed by atoms with Crippen LogP contribution in [-0.2, 0) is 12.2 Å². The van der Waals surface area contributed by atoms with Crippen LogP contribution in [0.3, 0.4) is 0 Å². The maximum Gasteiger partial charge on any atom is 0.347 e. The number of carboxylic acid groups (broad SMARTS) is 1. The molecule has 0 aliphatic carbocycles. The number of carbonyl (C=O) groups is 1. The summed E-state index contributed by atoms with van der Waals surface area (Å²) in [6.45, 7) is 4.11. The molecule has 0 atom stereocenters. The fourth-order valence-corrected chi connectivity index (χ4v) is 3.86. The van der Waals surface area contributed by atoms with Crippen molar-refractivity contribution in [3.05, 3.63) is 45.4 Å². The van der Waals surface area contributed by atoms with E-state index in [1.807, 2.05) is 19.1 Å². The van der Waals surface area contributed by atoms with Gasteiger partial charge in [-0.05, 0) is 25.0 Å². The first kappa shape index (κ1) is 15.1. The second kappa shape index (κ2) is 6.90. The number of hydrogen-bond acceptors (Lipinski definition) is 4. The summed E-state index contributed by atoms with van der Waals surface area (Å²) < 4.78 is 0. The molecule has 0 radical (unpaired) electrons. The molecular formula is C15H17NO2S2. The topological polar surface area (TPSA) is 50.2 Å². The van der Waals surface area contributed by atoms with Crippen LogP contribution in [0.4, 0.5) is 0 Å². The van der Waals surface area contributed by atoms with E-state index in [0.29, 0.717) is 4.88 Å². The van der Waals surface area contributed by atoms with Gasteiger partial charge in [0.15, 0.2) is 0 Å². The van der Waals surface area contributed by atoms with Crippen LogP contribution in [0.15, 0.2) is 29.2 Å². The van der Waals surface area contributed by atoms with Crippen molar-refractivity contribution in [1.82, 2.24) is 4.98 Å². The van der Waals surface area contributed by atoms with Crippen molar-refractivity contribution in [3.63, 3.8) is 0 Å². The van der Waals surface area contributed by atoms with Gasteiger partial charge in [-0.2, -0.15) is 0 Å². The lowest BCUT2D eigenvalue weighted by molar-refractivity contribution is 0.0700. The molecule has 0 saturated heterocycles. The van der Waals surface area contributed by atoms with Gasteiger partial charge in [0.2, 0.25) is 0 Å². The van der Waals surface area contributed by atoms with Crippen LogP contribution < -0.4 is 0 Å². The number of carboxylic acids is 1. The van der Waals surface area contributed by atoms with Crippen LogP contribution in [0.25, 0.3) is 0 Å². The normalized spacial score (nSPS) is 10.7. The first-order chi connectivity index (χ1) is 9.61. The Bertz CT molecular complexity index is 608. The first-order valence-electron chi connectivity index (χ1n) is 6.52. The molecule has 1 aromatic heterocycles. The van der Waals surface area contributed by atoms with Gasteiger partial charge in [-0.15, -0.1) is 23.1 Å². The Morgan fingerprint density at radius 1 is 1.40 bits per heavy atom. The third kappa shape index (κ3) is 3.61. The quantitative estimate of drug-likeness (QED) is 0.804. The van der Waals surface area contributed by atoms with Crippen LogP contribution >= 0.6 is 23.1 Å². The van der Waals surface area contributed by atoms with E-state index in [0.717, 1.165) is 29.3 Å². The lowest BCUT2D eigenvalue weighted by atomic mass is 10.2. The van der Waals surface area contributed by atoms with Crippen LogP contribution in [0.2, 0.25) is 0 Å². The van der Waals surface area contributed by atoms with E-state index in [9.17, 15) is 9.90 Å². The maximum atomic E-state index is 11.2. The first-order valence-corrected chi connectivity index (χ1v) is 8.32. The zero-order chi connectivity index (χ0) is 14.5. The minimum atomic E-state index is -0.863. The molecule has 20 heavy (non-hydrogen) atoms. The molecule has 1 N–H and O–H groups in total. The summed E-state index contributed by atoms with van der Waals surface area (Å²) in [5.74, 6) is -0.141. The lowest BCUT2D eigenvalue weighted by Gasteiger charge is -2.02. The maximum absolute atomic E-state index is 11.2. The van der Waals surface area contributed by atoms with Crippen molar-refractivity contribution < 1.29 is 9.90 Å². The Hall–Kier alpha value is -1.33. The molecule has 0 saturated carbocycles. The number of aromatic carboxylic acids is 1. The van der Waals surface area contributed by atoms with Crippen LogP contribution in [0.5, 0.6) is 0 Å². The zero-order valence-electron chi connectivity index (χ0n) is 11.5. The molecule has 106 valence electrons. The fourth-order valence-electron chi connectivity index (χ4n) is 1.89. The molecular weight excluding hydrogens is 290 g/mol. The van der Waals surface area contributed by atoms with E-state index in [1.165, 1.54) is 21.8 Å². The summed E-state index contributed by atoms with van der Waals surface area (Å²) >= 11 is 3.01. The highest BCUT2D eigenvalue weighted by Crippen LogP contribution is 2.29. The molecule has 0 unspecified atom stereocenters. The number of benzene rings is 1. The number of hydrogen-bond donors (Lipinski definition) is 1. The Morgan fingerprint density at radius 2 is 2.15 bits per heavy atom. The summed E-state index contributed by atoms with van der Waals surface area (Å²) in [5.41, 5.74) is 1.96. The molecule has 3 nitrogen and oxygen atoms in total. The second-order valence-electron chi connectivity index (χ2n) is 4.49. The average Bonchev–Trinajstić information content (AvgIpc) is 2.82. The highest BCUT2D eigenvalue weighted by Gasteiger charge is 2.16. The van der Waals surface area contributed by atoms with Gasteiger partial charge in [0.05, 0.1) is 11.4 Å². The summed E-state index contributed by atoms with van der Waals surface area (Å²) in [7, 11) is 0. The number of aryl methyl sites for hydroxylation is 2. The lowest BCUT2D eigenvalue weighted by Crippen LogP contribution is -1.98. The van der Waals surface area contributed by atoms with Gasteiger partial charge in [0.1, 0.15) is 9.88 Å². The van der Waals surface area contributed by atoms with Crippen molar-refractivity contribution in [2.75, 3.05) is 0 Å². The number of rotatable bonds is 6. The molecule has 2 rings (SSSR count). The largest absolute Gasteiger partial charge is 0.477 e. The van der Waals surface area contributed by atoms with Gasteiger partial charge >= 0.3 is 5.97 Å². The molecule has 0 aliphatic rings. The molecule has 0 spiro atoms. The molecule has 5 heteroatoms. The smallest absolute Gasteiger partial charge is 0.347 e. The minimum absolute atomic E-state index is 0.396. The van der Waals surface area contributed by atoms with Crippen LogP contribution in [-0.4, -0.2) is 16.1 Å². The number of aromatic nitrogens is 1. The third-order valence-corrected chi connectivity index (χ3v) is 5.32. The minimum Gasteiger partial charge on any atom is -0.477 e. The van der Waals surface area contributed by atoms with Gasteiger partial charge < -0.3 is 5.11 Å². The van der Waals surface area contributed by atoms with Gasteiger partial charge in [0, 0.05) is 4.90 Å². The highest BCUT2D eigenvalue weighted by atomic mass is 32.2. The molecule has 2 aromatic rings. The summed E-state index contributed by atoms with van der Waals surface area (Å²) in [4.78, 5) is 17.3. The third-order valence-electron chi connectivity index (χ3n) is 2.87. The standard InChI is InChI=1S/C15H17NO2S2/c1-3-6-11-14(15(17)18)20-13(16-11)9-19-12-8-5-4-7-10(12)2/h4-5,7-8H,3,6,9H2,1-2H3,(H,17,18). The van der Waals surface area contributed by atoms with Gasteiger partial charge in [-0.3, -0.25) is 0 Å². The molecule has 0 bridgehead atoms. The number of nitrogens with zero attached hydrogens (tertiary/aromatic N) is 1. The zero-order valence-corrected chi connectivity index (χ0v) is 13.2. The molecule has 1 aromatic carbocycles. The van der Waals surface area contributed by atoms with E-state index < -0.39 is 5.97 Å². The molecule has 0 amide bonds. The van der Waals surface area contributed by atoms with Gasteiger partial charge in [-0.25, -0.2) is 9.78 Å². The van der Waals surface area contributed by atoms with E-state index in [-0.39, 0.29) is 0 Å². The Kier molecular flexibility index (Phi) is 5.20. The molecule has 0 fully saturated rings. The molecule has 1 heterocycles. The number of thioether (sulfide) groups is 1. The van der Waals surface area contributed by atoms with Crippen LogP contribution in [0.1, 0.15) is 39.3 Å². The summed E-state index contributed by atoms with van der Waals surface area (Å²) in [5, 5.41) is 10.1. The second-order valence-corrected chi connectivity index (χ2v) is 6.59. The van der Waals surface area contributed by atoms with Gasteiger partial charge in [0.25, 0.3) is 0 Å². The monoisotopic (exact) mass is 307 g/mol. The van der Waals surface area contributed by atoms with E-state index in [2.05, 4.69) is 24.0 Å². The van der Waals surface area contributed by atoms with Crippen molar-refractivity contribution in [2.24, 2.45) is 0 Å². The Morgan fingerprint density at radius 3 is 2.80 bits per heavy atom. The SMILES string of the molecule is CCCc1nc(CSc2ccccc2C)sc1C(=O)O. The van der Waals surface area contributed by atoms with Gasteiger partial charge in [-0.1, -0.05) is 31.5 Å². The van der Waals surface area contributed by atoms with Crippen molar-refractivity contribution in [2.45, 2.75) is 37.3 Å². The fraction of sp³-hybridized carbons (Fsp3) is 0.333. The predicted molar refractivity (Wildman–Crippen MR) is 83.8 cm³/mol. The Labute approximate surface area is 127 Å². The van der Waals surface area contributed by atoms with E-state index >= 15 is 0 Å². The van der Waals surface area contributed by atoms with Crippen LogP contribution in [0, 0.1) is 6.92 Å². The van der Waals surface area contributed by atoms with Crippen molar-refractivity contribution >= 4 is 29.1 Å². The highest BCUT2D eigenvalue weighted by molar-refractivity contribution is 7.98.